The van der Waals surface area contributed by atoms with Crippen molar-refractivity contribution in [1.82, 2.24) is 10.2 Å². The van der Waals surface area contributed by atoms with Gasteiger partial charge in [-0.1, -0.05) is 19.3 Å². The first-order valence-corrected chi connectivity index (χ1v) is 6.73. The van der Waals surface area contributed by atoms with Crippen LogP contribution in [0.25, 0.3) is 0 Å². The van der Waals surface area contributed by atoms with Gasteiger partial charge < -0.3 is 15.3 Å². The second kappa shape index (κ2) is 10.2. The number of amides is 2. The Hall–Kier alpha value is -1.70. The lowest BCUT2D eigenvalue weighted by molar-refractivity contribution is -0.137. The van der Waals surface area contributed by atoms with E-state index < -0.39 is 5.97 Å². The number of carbonyl (C=O) groups is 2. The van der Waals surface area contributed by atoms with E-state index in [1.165, 1.54) is 0 Å². The average molecular weight is 268 g/mol. The van der Waals surface area contributed by atoms with Gasteiger partial charge in [-0.05, 0) is 25.7 Å². The van der Waals surface area contributed by atoms with Crippen LogP contribution in [0.2, 0.25) is 0 Å². The number of hydrogen-bond acceptors (Lipinski definition) is 2. The topological polar surface area (TPSA) is 69.6 Å². The Morgan fingerprint density at radius 2 is 2.05 bits per heavy atom. The highest BCUT2D eigenvalue weighted by Gasteiger charge is 2.12. The van der Waals surface area contributed by atoms with Gasteiger partial charge in [0.25, 0.3) is 0 Å². The van der Waals surface area contributed by atoms with Crippen molar-refractivity contribution >= 4 is 12.0 Å². The van der Waals surface area contributed by atoms with Crippen LogP contribution in [0.3, 0.4) is 0 Å². The van der Waals surface area contributed by atoms with E-state index in [0.29, 0.717) is 32.0 Å². The summed E-state index contributed by atoms with van der Waals surface area (Å²) in [5.41, 5.74) is 0. The van der Waals surface area contributed by atoms with Gasteiger partial charge in [-0.15, -0.1) is 6.42 Å². The van der Waals surface area contributed by atoms with Gasteiger partial charge in [-0.25, -0.2) is 4.79 Å². The molecule has 19 heavy (non-hydrogen) atoms. The normalized spacial score (nSPS) is 11.4. The molecule has 0 aliphatic rings. The molecule has 0 saturated carbocycles. The van der Waals surface area contributed by atoms with Gasteiger partial charge in [0.05, 0.1) is 6.54 Å². The molecule has 0 fully saturated rings. The Balaban J connectivity index is 3.95. The molecule has 2 amide bonds. The van der Waals surface area contributed by atoms with E-state index >= 15 is 0 Å². The zero-order valence-corrected chi connectivity index (χ0v) is 11.8. The molecule has 0 aromatic carbocycles. The zero-order valence-electron chi connectivity index (χ0n) is 11.8. The maximum Gasteiger partial charge on any atom is 0.318 e. The van der Waals surface area contributed by atoms with Gasteiger partial charge in [0.15, 0.2) is 0 Å². The van der Waals surface area contributed by atoms with E-state index in [1.54, 1.807) is 4.90 Å². The third-order valence-corrected chi connectivity index (χ3v) is 3.12. The Bertz CT molecular complexity index is 323. The van der Waals surface area contributed by atoms with Crippen LogP contribution >= 0.6 is 0 Å². The largest absolute Gasteiger partial charge is 0.481 e. The van der Waals surface area contributed by atoms with E-state index in [0.717, 1.165) is 12.8 Å². The number of rotatable bonds is 9. The number of hydrogen-bond donors (Lipinski definition) is 2. The van der Waals surface area contributed by atoms with Crippen molar-refractivity contribution in [2.24, 2.45) is 5.92 Å². The van der Waals surface area contributed by atoms with Crippen molar-refractivity contribution in [2.75, 3.05) is 19.6 Å². The summed E-state index contributed by atoms with van der Waals surface area (Å²) in [6.07, 6.45) is 7.74. The van der Waals surface area contributed by atoms with Crippen molar-refractivity contribution in [3.8, 4) is 12.3 Å². The van der Waals surface area contributed by atoms with Gasteiger partial charge >= 0.3 is 12.0 Å². The van der Waals surface area contributed by atoms with Crippen LogP contribution in [-0.2, 0) is 4.79 Å². The number of carbonyl (C=O) groups excluding carboxylic acids is 1. The Kier molecular flexibility index (Phi) is 9.33. The van der Waals surface area contributed by atoms with E-state index in [-0.39, 0.29) is 12.5 Å². The van der Waals surface area contributed by atoms with Crippen molar-refractivity contribution in [1.29, 1.82) is 0 Å². The Morgan fingerprint density at radius 3 is 2.53 bits per heavy atom. The summed E-state index contributed by atoms with van der Waals surface area (Å²) in [5.74, 6) is 2.01. The Morgan fingerprint density at radius 1 is 1.37 bits per heavy atom. The number of carboxylic acid groups (broad SMARTS) is 1. The minimum atomic E-state index is -0.770. The van der Waals surface area contributed by atoms with Crippen LogP contribution in [0.1, 0.15) is 39.5 Å². The SMILES string of the molecule is C#CCN(CC)C(=O)NCCC(CC)CCC(=O)O. The lowest BCUT2D eigenvalue weighted by atomic mass is 9.97. The minimum Gasteiger partial charge on any atom is -0.481 e. The smallest absolute Gasteiger partial charge is 0.318 e. The van der Waals surface area contributed by atoms with Crippen molar-refractivity contribution < 1.29 is 14.7 Å². The molecule has 0 aromatic heterocycles. The van der Waals surface area contributed by atoms with Crippen molar-refractivity contribution in [3.63, 3.8) is 0 Å². The molecule has 0 saturated heterocycles. The van der Waals surface area contributed by atoms with Gasteiger partial charge in [0.2, 0.25) is 0 Å². The molecule has 0 aliphatic heterocycles. The molecular weight excluding hydrogens is 244 g/mol. The van der Waals surface area contributed by atoms with Crippen LogP contribution in [0.4, 0.5) is 4.79 Å². The van der Waals surface area contributed by atoms with E-state index in [9.17, 15) is 9.59 Å². The number of urea groups is 1. The van der Waals surface area contributed by atoms with E-state index in [1.807, 2.05) is 13.8 Å². The Labute approximate surface area is 115 Å². The molecule has 5 nitrogen and oxygen atoms in total. The van der Waals surface area contributed by atoms with Gasteiger partial charge in [0.1, 0.15) is 0 Å². The lowest BCUT2D eigenvalue weighted by Crippen LogP contribution is -2.40. The van der Waals surface area contributed by atoms with E-state index in [2.05, 4.69) is 11.2 Å². The maximum atomic E-state index is 11.7. The summed E-state index contributed by atoms with van der Waals surface area (Å²) >= 11 is 0. The first kappa shape index (κ1) is 17.3. The van der Waals surface area contributed by atoms with E-state index in [4.69, 9.17) is 11.5 Å². The van der Waals surface area contributed by atoms with Gasteiger partial charge in [-0.3, -0.25) is 4.79 Å². The van der Waals surface area contributed by atoms with Crippen molar-refractivity contribution in [3.05, 3.63) is 0 Å². The average Bonchev–Trinajstić information content (AvgIpc) is 2.39. The predicted molar refractivity (Wildman–Crippen MR) is 74.7 cm³/mol. The summed E-state index contributed by atoms with van der Waals surface area (Å²) in [4.78, 5) is 23.8. The molecule has 1 unspecified atom stereocenters. The molecule has 2 N–H and O–H groups in total. The standard InChI is InChI=1S/C14H24N2O3/c1-4-11-16(6-3)14(19)15-10-9-12(5-2)7-8-13(17)18/h1,12H,5-11H2,2-3H3,(H,15,19)(H,17,18). The molecule has 0 heterocycles. The molecular formula is C14H24N2O3. The minimum absolute atomic E-state index is 0.159. The second-order valence-corrected chi connectivity index (χ2v) is 4.45. The first-order valence-electron chi connectivity index (χ1n) is 6.73. The maximum absolute atomic E-state index is 11.7. The predicted octanol–water partition coefficient (Wildman–Crippen LogP) is 1.93. The second-order valence-electron chi connectivity index (χ2n) is 4.45. The molecule has 0 bridgehead atoms. The van der Waals surface area contributed by atoms with Crippen LogP contribution in [0.15, 0.2) is 0 Å². The van der Waals surface area contributed by atoms with Crippen LogP contribution in [0.5, 0.6) is 0 Å². The molecule has 5 heteroatoms. The van der Waals surface area contributed by atoms with Gasteiger partial charge in [-0.2, -0.15) is 0 Å². The molecule has 0 aromatic rings. The summed E-state index contributed by atoms with van der Waals surface area (Å²) in [6, 6.07) is -0.159. The third-order valence-electron chi connectivity index (χ3n) is 3.12. The number of nitrogens with one attached hydrogen (secondary N) is 1. The molecule has 0 rings (SSSR count). The van der Waals surface area contributed by atoms with Crippen LogP contribution in [0, 0.1) is 18.3 Å². The highest BCUT2D eigenvalue weighted by molar-refractivity contribution is 5.74. The lowest BCUT2D eigenvalue weighted by Gasteiger charge is -2.20. The van der Waals surface area contributed by atoms with Gasteiger partial charge in [0, 0.05) is 19.5 Å². The molecule has 108 valence electrons. The number of carboxylic acids is 1. The summed E-state index contributed by atoms with van der Waals surface area (Å²) in [7, 11) is 0. The van der Waals surface area contributed by atoms with Crippen molar-refractivity contribution in [2.45, 2.75) is 39.5 Å². The third kappa shape index (κ3) is 8.09. The number of terminal acetylenes is 1. The summed E-state index contributed by atoms with van der Waals surface area (Å²) in [6.45, 7) is 5.34. The molecule has 0 aliphatic carbocycles. The highest BCUT2D eigenvalue weighted by Crippen LogP contribution is 2.14. The zero-order chi connectivity index (χ0) is 14.7. The van der Waals surface area contributed by atoms with Crippen LogP contribution < -0.4 is 5.32 Å². The monoisotopic (exact) mass is 268 g/mol. The molecule has 0 radical (unpaired) electrons. The quantitative estimate of drug-likeness (QED) is 0.628. The van der Waals surface area contributed by atoms with Crippen LogP contribution in [-0.4, -0.2) is 41.6 Å². The fourth-order valence-corrected chi connectivity index (χ4v) is 1.81. The summed E-state index contributed by atoms with van der Waals surface area (Å²) in [5, 5.41) is 11.5. The highest BCUT2D eigenvalue weighted by atomic mass is 16.4. The fraction of sp³-hybridized carbons (Fsp3) is 0.714. The number of nitrogens with zero attached hydrogens (tertiary/aromatic N) is 1. The first-order chi connectivity index (χ1) is 9.04. The fourth-order valence-electron chi connectivity index (χ4n) is 1.81. The molecule has 1 atom stereocenters. The molecule has 0 spiro atoms. The number of aliphatic carboxylic acids is 1. The summed E-state index contributed by atoms with van der Waals surface area (Å²) < 4.78 is 0.